The number of likely N-dealkylation sites (tertiary alicyclic amines) is 1. The number of carbonyl (C=O) groups excluding carboxylic acids is 1. The van der Waals surface area contributed by atoms with Gasteiger partial charge in [0.25, 0.3) is 0 Å². The fraction of sp³-hybridized carbons (Fsp3) is 0.562. The van der Waals surface area contributed by atoms with Gasteiger partial charge in [-0.25, -0.2) is 0 Å². The van der Waals surface area contributed by atoms with Crippen molar-refractivity contribution in [1.29, 1.82) is 0 Å². The van der Waals surface area contributed by atoms with Crippen molar-refractivity contribution in [3.8, 4) is 0 Å². The minimum atomic E-state index is -0.0701. The van der Waals surface area contributed by atoms with Crippen LogP contribution in [0.1, 0.15) is 37.7 Å². The van der Waals surface area contributed by atoms with Crippen LogP contribution < -0.4 is 5.73 Å². The molecule has 1 heterocycles. The van der Waals surface area contributed by atoms with Crippen molar-refractivity contribution < 1.29 is 4.79 Å². The molecule has 102 valence electrons. The van der Waals surface area contributed by atoms with E-state index in [1.165, 1.54) is 5.56 Å². The van der Waals surface area contributed by atoms with Crippen LogP contribution in [0.15, 0.2) is 30.3 Å². The lowest BCUT2D eigenvalue weighted by Gasteiger charge is -2.38. The molecule has 0 aromatic heterocycles. The van der Waals surface area contributed by atoms with Crippen LogP contribution in [0, 0.1) is 5.41 Å². The van der Waals surface area contributed by atoms with Crippen LogP contribution in [0.25, 0.3) is 0 Å². The summed E-state index contributed by atoms with van der Waals surface area (Å²) in [6.07, 6.45) is 3.06. The smallest absolute Gasteiger partial charge is 0.228 e. The molecule has 2 atom stereocenters. The monoisotopic (exact) mass is 258 g/mol. The van der Waals surface area contributed by atoms with E-state index in [1.807, 2.05) is 11.0 Å². The Bertz CT molecular complexity index is 467. The van der Waals surface area contributed by atoms with Crippen molar-refractivity contribution in [3.05, 3.63) is 35.9 Å². The summed E-state index contributed by atoms with van der Waals surface area (Å²) >= 11 is 0. The Morgan fingerprint density at radius 2 is 2.00 bits per heavy atom. The second-order valence-corrected chi connectivity index (χ2v) is 6.28. The summed E-state index contributed by atoms with van der Waals surface area (Å²) < 4.78 is 0. The molecule has 0 spiro atoms. The van der Waals surface area contributed by atoms with E-state index in [0.717, 1.165) is 25.8 Å². The first-order valence-electron chi connectivity index (χ1n) is 7.20. The predicted octanol–water partition coefficient (Wildman–Crippen LogP) is 2.13. The van der Waals surface area contributed by atoms with Crippen LogP contribution in [-0.4, -0.2) is 29.9 Å². The van der Waals surface area contributed by atoms with Gasteiger partial charge in [0.05, 0.1) is 0 Å². The van der Waals surface area contributed by atoms with Gasteiger partial charge in [-0.1, -0.05) is 37.3 Å². The zero-order valence-corrected chi connectivity index (χ0v) is 11.5. The van der Waals surface area contributed by atoms with E-state index in [-0.39, 0.29) is 11.5 Å². The Labute approximate surface area is 114 Å². The molecule has 2 unspecified atom stereocenters. The number of nitrogens with two attached hydrogens (primary N) is 1. The quantitative estimate of drug-likeness (QED) is 0.883. The highest BCUT2D eigenvalue weighted by Crippen LogP contribution is 2.47. The molecule has 1 amide bonds. The molecule has 1 saturated heterocycles. The van der Waals surface area contributed by atoms with E-state index in [1.54, 1.807) is 0 Å². The molecule has 1 aliphatic heterocycles. The molecule has 0 radical (unpaired) electrons. The molecule has 3 heteroatoms. The van der Waals surface area contributed by atoms with Crippen molar-refractivity contribution in [2.75, 3.05) is 13.1 Å². The zero-order valence-electron chi connectivity index (χ0n) is 11.5. The van der Waals surface area contributed by atoms with Crippen LogP contribution in [0.3, 0.4) is 0 Å². The first-order chi connectivity index (χ1) is 9.10. The highest BCUT2D eigenvalue weighted by molar-refractivity contribution is 5.85. The molecule has 2 aliphatic rings. The molecule has 1 aliphatic carbocycles. The summed E-state index contributed by atoms with van der Waals surface area (Å²) in [5, 5.41) is 0. The van der Waals surface area contributed by atoms with Gasteiger partial charge in [0, 0.05) is 30.5 Å². The Balaban J connectivity index is 1.67. The van der Waals surface area contributed by atoms with Gasteiger partial charge in [-0.15, -0.1) is 0 Å². The lowest BCUT2D eigenvalue weighted by atomic mass is 9.85. The van der Waals surface area contributed by atoms with E-state index in [4.69, 9.17) is 5.73 Å². The molecular formula is C16H22N2O. The molecule has 1 aromatic rings. The van der Waals surface area contributed by atoms with Gasteiger partial charge < -0.3 is 10.6 Å². The molecule has 3 rings (SSSR count). The number of benzene rings is 1. The third kappa shape index (κ3) is 2.39. The summed E-state index contributed by atoms with van der Waals surface area (Å²) in [6, 6.07) is 10.5. The minimum absolute atomic E-state index is 0.0578. The number of amides is 1. The summed E-state index contributed by atoms with van der Waals surface area (Å²) in [4.78, 5) is 14.3. The highest BCUT2D eigenvalue weighted by Gasteiger charge is 2.48. The first-order valence-corrected chi connectivity index (χ1v) is 7.20. The molecule has 1 saturated carbocycles. The minimum Gasteiger partial charge on any atom is -0.341 e. The van der Waals surface area contributed by atoms with Gasteiger partial charge in [0.2, 0.25) is 5.91 Å². The predicted molar refractivity (Wildman–Crippen MR) is 75.7 cm³/mol. The first kappa shape index (κ1) is 12.7. The van der Waals surface area contributed by atoms with Crippen molar-refractivity contribution >= 4 is 5.91 Å². The lowest BCUT2D eigenvalue weighted by molar-refractivity contribution is -0.137. The van der Waals surface area contributed by atoms with Crippen LogP contribution >= 0.6 is 0 Å². The highest BCUT2D eigenvalue weighted by atomic mass is 16.2. The average molecular weight is 258 g/mol. The standard InChI is InChI=1S/C16H22N2O/c1-16(8-9-16)15(19)18-10-7-13(14(17)11-18)12-5-3-2-4-6-12/h2-6,13-14H,7-11,17H2,1H3. The zero-order chi connectivity index (χ0) is 13.5. The van der Waals surface area contributed by atoms with Crippen LogP contribution in [0.2, 0.25) is 0 Å². The van der Waals surface area contributed by atoms with Gasteiger partial charge in [-0.2, -0.15) is 0 Å². The van der Waals surface area contributed by atoms with Crippen LogP contribution in [-0.2, 0) is 4.79 Å². The second kappa shape index (κ2) is 4.64. The van der Waals surface area contributed by atoms with Gasteiger partial charge in [0.1, 0.15) is 0 Å². The molecular weight excluding hydrogens is 236 g/mol. The number of nitrogens with zero attached hydrogens (tertiary/aromatic N) is 1. The summed E-state index contributed by atoms with van der Waals surface area (Å²) in [7, 11) is 0. The Hall–Kier alpha value is -1.35. The van der Waals surface area contributed by atoms with Crippen LogP contribution in [0.4, 0.5) is 0 Å². The molecule has 3 nitrogen and oxygen atoms in total. The van der Waals surface area contributed by atoms with Crippen molar-refractivity contribution in [1.82, 2.24) is 4.90 Å². The average Bonchev–Trinajstić information content (AvgIpc) is 3.18. The van der Waals surface area contributed by atoms with Crippen molar-refractivity contribution in [3.63, 3.8) is 0 Å². The number of hydrogen-bond acceptors (Lipinski definition) is 2. The van der Waals surface area contributed by atoms with E-state index < -0.39 is 0 Å². The van der Waals surface area contributed by atoms with E-state index in [2.05, 4.69) is 31.2 Å². The largest absolute Gasteiger partial charge is 0.341 e. The maximum atomic E-state index is 12.3. The summed E-state index contributed by atoms with van der Waals surface area (Å²) in [5.74, 6) is 0.701. The van der Waals surface area contributed by atoms with Gasteiger partial charge in [0.15, 0.2) is 0 Å². The fourth-order valence-electron chi connectivity index (χ4n) is 3.06. The molecule has 2 fully saturated rings. The van der Waals surface area contributed by atoms with Crippen LogP contribution in [0.5, 0.6) is 0 Å². The summed E-state index contributed by atoms with van der Waals surface area (Å²) in [6.45, 7) is 3.62. The van der Waals surface area contributed by atoms with E-state index >= 15 is 0 Å². The molecule has 19 heavy (non-hydrogen) atoms. The van der Waals surface area contributed by atoms with E-state index in [9.17, 15) is 4.79 Å². The van der Waals surface area contributed by atoms with Crippen molar-refractivity contribution in [2.45, 2.75) is 38.1 Å². The third-order valence-corrected chi connectivity index (χ3v) is 4.69. The van der Waals surface area contributed by atoms with Gasteiger partial charge in [-0.05, 0) is 24.8 Å². The molecule has 2 N–H and O–H groups in total. The fourth-order valence-corrected chi connectivity index (χ4v) is 3.06. The Morgan fingerprint density at radius 3 is 2.58 bits per heavy atom. The second-order valence-electron chi connectivity index (χ2n) is 6.28. The third-order valence-electron chi connectivity index (χ3n) is 4.69. The Morgan fingerprint density at radius 1 is 1.32 bits per heavy atom. The molecule has 0 bridgehead atoms. The summed E-state index contributed by atoms with van der Waals surface area (Å²) in [5.41, 5.74) is 7.54. The number of hydrogen-bond donors (Lipinski definition) is 1. The number of rotatable bonds is 2. The number of carbonyl (C=O) groups is 1. The SMILES string of the molecule is CC1(C(=O)N2CCC(c3ccccc3)C(N)C2)CC1. The number of piperidine rings is 1. The maximum Gasteiger partial charge on any atom is 0.228 e. The Kier molecular flexibility index (Phi) is 3.09. The lowest BCUT2D eigenvalue weighted by Crippen LogP contribution is -2.51. The van der Waals surface area contributed by atoms with Gasteiger partial charge in [-0.3, -0.25) is 4.79 Å². The molecule has 1 aromatic carbocycles. The normalized spacial score (nSPS) is 29.1. The topological polar surface area (TPSA) is 46.3 Å². The van der Waals surface area contributed by atoms with E-state index in [0.29, 0.717) is 18.4 Å². The van der Waals surface area contributed by atoms with Gasteiger partial charge >= 0.3 is 0 Å². The maximum absolute atomic E-state index is 12.3. The van der Waals surface area contributed by atoms with Crippen molar-refractivity contribution in [2.24, 2.45) is 11.1 Å².